The Morgan fingerprint density at radius 3 is 2.59 bits per heavy atom. The van der Waals surface area contributed by atoms with Gasteiger partial charge in [0, 0.05) is 19.5 Å². The molecule has 0 heterocycles. The van der Waals surface area contributed by atoms with Crippen molar-refractivity contribution in [2.75, 3.05) is 26.0 Å². The number of rotatable bonds is 9. The Kier molecular flexibility index (Phi) is 7.82. The second-order valence-corrected chi connectivity index (χ2v) is 5.73. The summed E-state index contributed by atoms with van der Waals surface area (Å²) in [4.78, 5) is 10.9. The van der Waals surface area contributed by atoms with Crippen LogP contribution in [0.15, 0.2) is 12.7 Å². The SMILES string of the molecule is C=CCN(CCC)S(=O)(=O)CCCC(=O)OC. The van der Waals surface area contributed by atoms with Crippen LogP contribution in [0.2, 0.25) is 0 Å². The van der Waals surface area contributed by atoms with E-state index in [1.807, 2.05) is 6.92 Å². The Hall–Kier alpha value is -0.880. The van der Waals surface area contributed by atoms with E-state index in [0.717, 1.165) is 6.42 Å². The van der Waals surface area contributed by atoms with Crippen molar-refractivity contribution in [3.8, 4) is 0 Å². The molecule has 17 heavy (non-hydrogen) atoms. The van der Waals surface area contributed by atoms with Gasteiger partial charge in [-0.3, -0.25) is 4.79 Å². The molecule has 0 fully saturated rings. The van der Waals surface area contributed by atoms with E-state index in [4.69, 9.17) is 0 Å². The standard InChI is InChI=1S/C11H21NO4S/c1-4-8-12(9-5-2)17(14,15)10-6-7-11(13)16-3/h4H,1,5-10H2,2-3H3. The fourth-order valence-corrected chi connectivity index (χ4v) is 2.93. The fourth-order valence-electron chi connectivity index (χ4n) is 1.37. The Labute approximate surface area is 103 Å². The molecule has 0 saturated carbocycles. The molecule has 0 saturated heterocycles. The summed E-state index contributed by atoms with van der Waals surface area (Å²) >= 11 is 0. The molecule has 6 heteroatoms. The summed E-state index contributed by atoms with van der Waals surface area (Å²) < 4.78 is 29.7. The average molecular weight is 263 g/mol. The Morgan fingerprint density at radius 1 is 1.47 bits per heavy atom. The quantitative estimate of drug-likeness (QED) is 0.462. The molecule has 0 radical (unpaired) electrons. The minimum absolute atomic E-state index is 0.0318. The molecule has 0 bridgehead atoms. The zero-order chi connectivity index (χ0) is 13.3. The zero-order valence-corrected chi connectivity index (χ0v) is 11.3. The van der Waals surface area contributed by atoms with Crippen LogP contribution in [-0.2, 0) is 19.6 Å². The lowest BCUT2D eigenvalue weighted by Crippen LogP contribution is -2.34. The molecule has 0 spiro atoms. The number of ether oxygens (including phenoxy) is 1. The van der Waals surface area contributed by atoms with Gasteiger partial charge in [0.05, 0.1) is 12.9 Å². The van der Waals surface area contributed by atoms with E-state index in [1.54, 1.807) is 6.08 Å². The zero-order valence-electron chi connectivity index (χ0n) is 10.5. The second-order valence-electron chi connectivity index (χ2n) is 3.64. The number of hydrogen-bond acceptors (Lipinski definition) is 4. The van der Waals surface area contributed by atoms with Crippen LogP contribution in [-0.4, -0.2) is 44.6 Å². The first-order valence-corrected chi connectivity index (χ1v) is 7.24. The second kappa shape index (κ2) is 8.25. The van der Waals surface area contributed by atoms with Gasteiger partial charge in [0.1, 0.15) is 0 Å². The molecule has 0 aromatic rings. The number of sulfonamides is 1. The van der Waals surface area contributed by atoms with Crippen LogP contribution in [0.25, 0.3) is 0 Å². The first kappa shape index (κ1) is 16.1. The van der Waals surface area contributed by atoms with Gasteiger partial charge in [-0.1, -0.05) is 13.0 Å². The van der Waals surface area contributed by atoms with Crippen LogP contribution in [0.5, 0.6) is 0 Å². The van der Waals surface area contributed by atoms with Crippen LogP contribution < -0.4 is 0 Å². The van der Waals surface area contributed by atoms with Crippen LogP contribution in [0.4, 0.5) is 0 Å². The molecule has 0 rings (SSSR count). The lowest BCUT2D eigenvalue weighted by Gasteiger charge is -2.19. The van der Waals surface area contributed by atoms with Crippen molar-refractivity contribution in [1.29, 1.82) is 0 Å². The topological polar surface area (TPSA) is 63.7 Å². The van der Waals surface area contributed by atoms with Crippen molar-refractivity contribution >= 4 is 16.0 Å². The summed E-state index contributed by atoms with van der Waals surface area (Å²) in [6.45, 7) is 6.25. The summed E-state index contributed by atoms with van der Waals surface area (Å²) in [6, 6.07) is 0. The van der Waals surface area contributed by atoms with Crippen LogP contribution in [0.3, 0.4) is 0 Å². The van der Waals surface area contributed by atoms with Gasteiger partial charge in [-0.05, 0) is 12.8 Å². The smallest absolute Gasteiger partial charge is 0.305 e. The van der Waals surface area contributed by atoms with Gasteiger partial charge >= 0.3 is 5.97 Å². The molecule has 0 aliphatic carbocycles. The molecule has 5 nitrogen and oxygen atoms in total. The number of nitrogens with zero attached hydrogens (tertiary/aromatic N) is 1. The maximum Gasteiger partial charge on any atom is 0.305 e. The van der Waals surface area contributed by atoms with E-state index < -0.39 is 10.0 Å². The van der Waals surface area contributed by atoms with Crippen molar-refractivity contribution in [2.45, 2.75) is 26.2 Å². The molecular weight excluding hydrogens is 242 g/mol. The van der Waals surface area contributed by atoms with Crippen LogP contribution in [0, 0.1) is 0 Å². The summed E-state index contributed by atoms with van der Waals surface area (Å²) in [6.07, 6.45) is 2.73. The summed E-state index contributed by atoms with van der Waals surface area (Å²) in [7, 11) is -2.01. The van der Waals surface area contributed by atoms with Gasteiger partial charge in [0.25, 0.3) is 0 Å². The highest BCUT2D eigenvalue weighted by Gasteiger charge is 2.19. The van der Waals surface area contributed by atoms with Gasteiger partial charge in [-0.2, -0.15) is 4.31 Å². The summed E-state index contributed by atoms with van der Waals surface area (Å²) in [5.74, 6) is -0.415. The van der Waals surface area contributed by atoms with E-state index in [2.05, 4.69) is 11.3 Å². The number of carbonyl (C=O) groups is 1. The third-order valence-electron chi connectivity index (χ3n) is 2.21. The normalized spacial score (nSPS) is 11.5. The molecule has 0 N–H and O–H groups in total. The van der Waals surface area contributed by atoms with Gasteiger partial charge in [-0.25, -0.2) is 8.42 Å². The average Bonchev–Trinajstić information content (AvgIpc) is 2.28. The van der Waals surface area contributed by atoms with E-state index in [-0.39, 0.29) is 24.6 Å². The van der Waals surface area contributed by atoms with Crippen molar-refractivity contribution in [3.05, 3.63) is 12.7 Å². The molecular formula is C11H21NO4S. The Balaban J connectivity index is 4.31. The predicted molar refractivity (Wildman–Crippen MR) is 67.1 cm³/mol. The van der Waals surface area contributed by atoms with Gasteiger partial charge < -0.3 is 4.74 Å². The minimum Gasteiger partial charge on any atom is -0.469 e. The summed E-state index contributed by atoms with van der Waals surface area (Å²) in [5.41, 5.74) is 0. The number of hydrogen-bond donors (Lipinski definition) is 0. The molecule has 0 atom stereocenters. The van der Waals surface area contributed by atoms with Gasteiger partial charge in [-0.15, -0.1) is 6.58 Å². The van der Waals surface area contributed by atoms with Crippen LogP contribution >= 0.6 is 0 Å². The third kappa shape index (κ3) is 6.43. The molecule has 0 aromatic heterocycles. The number of methoxy groups -OCH3 is 1. The van der Waals surface area contributed by atoms with Crippen molar-refractivity contribution in [3.63, 3.8) is 0 Å². The molecule has 0 amide bonds. The molecule has 100 valence electrons. The molecule has 0 unspecified atom stereocenters. The summed E-state index contributed by atoms with van der Waals surface area (Å²) in [5, 5.41) is 0. The number of esters is 1. The monoisotopic (exact) mass is 263 g/mol. The van der Waals surface area contributed by atoms with Crippen molar-refractivity contribution in [2.24, 2.45) is 0 Å². The first-order valence-electron chi connectivity index (χ1n) is 5.63. The maximum absolute atomic E-state index is 11.9. The van der Waals surface area contributed by atoms with E-state index in [9.17, 15) is 13.2 Å². The first-order chi connectivity index (χ1) is 7.97. The lowest BCUT2D eigenvalue weighted by molar-refractivity contribution is -0.140. The predicted octanol–water partition coefficient (Wildman–Crippen LogP) is 1.17. The number of carbonyl (C=O) groups excluding carboxylic acids is 1. The molecule has 0 aromatic carbocycles. The van der Waals surface area contributed by atoms with Crippen molar-refractivity contribution < 1.29 is 17.9 Å². The largest absolute Gasteiger partial charge is 0.469 e. The minimum atomic E-state index is -3.30. The molecule has 0 aliphatic rings. The van der Waals surface area contributed by atoms with Crippen molar-refractivity contribution in [1.82, 2.24) is 4.31 Å². The third-order valence-corrected chi connectivity index (χ3v) is 4.13. The van der Waals surface area contributed by atoms with Gasteiger partial charge in [0.2, 0.25) is 10.0 Å². The van der Waals surface area contributed by atoms with E-state index in [0.29, 0.717) is 13.1 Å². The fraction of sp³-hybridized carbons (Fsp3) is 0.727. The Bertz CT molecular complexity index is 337. The highest BCUT2D eigenvalue weighted by Crippen LogP contribution is 2.06. The van der Waals surface area contributed by atoms with E-state index >= 15 is 0 Å². The Morgan fingerprint density at radius 2 is 2.12 bits per heavy atom. The van der Waals surface area contributed by atoms with E-state index in [1.165, 1.54) is 11.4 Å². The molecule has 0 aliphatic heterocycles. The highest BCUT2D eigenvalue weighted by atomic mass is 32.2. The van der Waals surface area contributed by atoms with Crippen LogP contribution in [0.1, 0.15) is 26.2 Å². The maximum atomic E-state index is 11.9. The van der Waals surface area contributed by atoms with Gasteiger partial charge in [0.15, 0.2) is 0 Å². The lowest BCUT2D eigenvalue weighted by atomic mass is 10.3. The highest BCUT2D eigenvalue weighted by molar-refractivity contribution is 7.89.